The average Bonchev–Trinajstić information content (AvgIpc) is 2.24. The van der Waals surface area contributed by atoms with E-state index in [1.165, 1.54) is 0 Å². The van der Waals surface area contributed by atoms with Gasteiger partial charge >= 0.3 is 0 Å². The third-order valence-electron chi connectivity index (χ3n) is 1.92. The summed E-state index contributed by atoms with van der Waals surface area (Å²) in [7, 11) is 1.66. The van der Waals surface area contributed by atoms with Gasteiger partial charge in [0.15, 0.2) is 5.96 Å². The first-order valence-corrected chi connectivity index (χ1v) is 6.32. The number of nitrogens with two attached hydrogens (primary N) is 1. The van der Waals surface area contributed by atoms with Crippen LogP contribution in [0.15, 0.2) is 28.3 Å². The van der Waals surface area contributed by atoms with E-state index in [0.29, 0.717) is 12.5 Å². The van der Waals surface area contributed by atoms with Crippen LogP contribution >= 0.6 is 11.8 Å². The Morgan fingerprint density at radius 1 is 1.53 bits per heavy atom. The van der Waals surface area contributed by atoms with E-state index in [1.54, 1.807) is 18.8 Å². The van der Waals surface area contributed by atoms with Crippen LogP contribution in [-0.2, 0) is 6.54 Å². The number of pyridine rings is 1. The first kappa shape index (κ1) is 13.8. The Kier molecular flexibility index (Phi) is 4.81. The van der Waals surface area contributed by atoms with Gasteiger partial charge in [-0.15, -0.1) is 11.8 Å². The molecule has 5 heteroatoms. The lowest BCUT2D eigenvalue weighted by Gasteiger charge is -2.17. The smallest absolute Gasteiger partial charge is 0.188 e. The molecule has 1 aromatic heterocycles. The summed E-state index contributed by atoms with van der Waals surface area (Å²) in [5.74, 6) is 0.451. The minimum atomic E-state index is 0.170. The van der Waals surface area contributed by atoms with Crippen LogP contribution in [-0.4, -0.2) is 22.7 Å². The molecule has 0 amide bonds. The van der Waals surface area contributed by atoms with Crippen molar-refractivity contribution in [3.05, 3.63) is 23.9 Å². The number of aliphatic imine (C=N–C) groups is 1. The van der Waals surface area contributed by atoms with Crippen LogP contribution in [0.25, 0.3) is 0 Å². The zero-order valence-electron chi connectivity index (χ0n) is 10.8. The molecule has 0 unspecified atom stereocenters. The second-order valence-electron chi connectivity index (χ2n) is 4.68. The molecule has 3 N–H and O–H groups in total. The number of thioether (sulfide) groups is 1. The van der Waals surface area contributed by atoms with E-state index in [4.69, 9.17) is 5.73 Å². The maximum Gasteiger partial charge on any atom is 0.188 e. The van der Waals surface area contributed by atoms with Crippen molar-refractivity contribution in [2.24, 2.45) is 10.7 Å². The van der Waals surface area contributed by atoms with Crippen molar-refractivity contribution in [1.82, 2.24) is 10.3 Å². The minimum Gasteiger partial charge on any atom is -0.370 e. The molecule has 1 heterocycles. The first-order valence-electron chi connectivity index (χ1n) is 5.51. The lowest BCUT2D eigenvalue weighted by atomic mass is 10.2. The topological polar surface area (TPSA) is 63.3 Å². The van der Waals surface area contributed by atoms with Gasteiger partial charge in [-0.2, -0.15) is 0 Å². The van der Waals surface area contributed by atoms with Crippen molar-refractivity contribution in [3.63, 3.8) is 0 Å². The molecule has 0 aliphatic carbocycles. The van der Waals surface area contributed by atoms with Gasteiger partial charge in [-0.1, -0.05) is 20.8 Å². The molecule has 0 spiro atoms. The van der Waals surface area contributed by atoms with Gasteiger partial charge in [0.2, 0.25) is 0 Å². The van der Waals surface area contributed by atoms with E-state index in [9.17, 15) is 0 Å². The Hall–Kier alpha value is -1.23. The normalized spacial score (nSPS) is 12.6. The predicted octanol–water partition coefficient (Wildman–Crippen LogP) is 2.01. The van der Waals surface area contributed by atoms with Crippen LogP contribution in [0, 0.1) is 0 Å². The van der Waals surface area contributed by atoms with Gasteiger partial charge in [0.25, 0.3) is 0 Å². The Morgan fingerprint density at radius 2 is 2.24 bits per heavy atom. The Labute approximate surface area is 107 Å². The fourth-order valence-corrected chi connectivity index (χ4v) is 2.15. The number of hydrogen-bond acceptors (Lipinski definition) is 3. The molecule has 0 aliphatic rings. The van der Waals surface area contributed by atoms with Crippen molar-refractivity contribution in [2.75, 3.05) is 7.05 Å². The van der Waals surface area contributed by atoms with Crippen molar-refractivity contribution in [3.8, 4) is 0 Å². The van der Waals surface area contributed by atoms with Crippen molar-refractivity contribution in [1.29, 1.82) is 0 Å². The highest BCUT2D eigenvalue weighted by atomic mass is 32.2. The van der Waals surface area contributed by atoms with Crippen LogP contribution in [0.5, 0.6) is 0 Å². The zero-order valence-corrected chi connectivity index (χ0v) is 11.6. The number of nitrogens with zero attached hydrogens (tertiary/aromatic N) is 2. The van der Waals surface area contributed by atoms with E-state index in [0.717, 1.165) is 10.6 Å². The molecule has 1 aromatic rings. The molecule has 0 saturated heterocycles. The number of aromatic nitrogens is 1. The van der Waals surface area contributed by atoms with E-state index in [-0.39, 0.29) is 4.75 Å². The summed E-state index contributed by atoms with van der Waals surface area (Å²) < 4.78 is 0.170. The molecular formula is C12H20N4S. The summed E-state index contributed by atoms with van der Waals surface area (Å²) in [5, 5.41) is 4.06. The molecule has 0 aromatic carbocycles. The summed E-state index contributed by atoms with van der Waals surface area (Å²) in [5.41, 5.74) is 6.73. The van der Waals surface area contributed by atoms with Crippen LogP contribution in [0.1, 0.15) is 26.3 Å². The zero-order chi connectivity index (χ0) is 12.9. The summed E-state index contributed by atoms with van der Waals surface area (Å²) in [6.07, 6.45) is 1.82. The maximum absolute atomic E-state index is 5.58. The standard InChI is InChI=1S/C12H20N4S/c1-12(2,3)17-10-7-9(5-6-15-10)8-16-11(13)14-4/h5-7H,8H2,1-4H3,(H3,13,14,16). The Morgan fingerprint density at radius 3 is 2.82 bits per heavy atom. The van der Waals surface area contributed by atoms with Crippen LogP contribution < -0.4 is 11.1 Å². The quantitative estimate of drug-likeness (QED) is 0.491. The molecule has 0 atom stereocenters. The summed E-state index contributed by atoms with van der Waals surface area (Å²) in [4.78, 5) is 8.19. The third-order valence-corrected chi connectivity index (χ3v) is 2.97. The number of hydrogen-bond donors (Lipinski definition) is 2. The van der Waals surface area contributed by atoms with Gasteiger partial charge < -0.3 is 11.1 Å². The van der Waals surface area contributed by atoms with Crippen LogP contribution in [0.2, 0.25) is 0 Å². The summed E-state index contributed by atoms with van der Waals surface area (Å²) >= 11 is 1.75. The molecule has 4 nitrogen and oxygen atoms in total. The molecule has 0 aliphatic heterocycles. The Balaban J connectivity index is 2.66. The first-order chi connectivity index (χ1) is 7.90. The van der Waals surface area contributed by atoms with Crippen molar-refractivity contribution >= 4 is 17.7 Å². The Bertz CT molecular complexity index is 396. The van der Waals surface area contributed by atoms with E-state index in [2.05, 4.69) is 42.1 Å². The van der Waals surface area contributed by atoms with E-state index >= 15 is 0 Å². The van der Waals surface area contributed by atoms with Crippen LogP contribution in [0.4, 0.5) is 0 Å². The molecule has 1 rings (SSSR count). The van der Waals surface area contributed by atoms with E-state index < -0.39 is 0 Å². The molecule has 0 radical (unpaired) electrons. The molecule has 0 fully saturated rings. The van der Waals surface area contributed by atoms with Gasteiger partial charge in [-0.3, -0.25) is 4.99 Å². The van der Waals surface area contributed by atoms with Gasteiger partial charge in [-0.25, -0.2) is 4.98 Å². The van der Waals surface area contributed by atoms with Gasteiger partial charge in [0, 0.05) is 24.5 Å². The fourth-order valence-electron chi connectivity index (χ4n) is 1.20. The molecule has 0 saturated carbocycles. The van der Waals surface area contributed by atoms with Gasteiger partial charge in [0.05, 0.1) is 5.03 Å². The largest absolute Gasteiger partial charge is 0.370 e. The lowest BCUT2D eigenvalue weighted by molar-refractivity contribution is 0.798. The number of guanidine groups is 1. The second-order valence-corrected chi connectivity index (χ2v) is 6.53. The predicted molar refractivity (Wildman–Crippen MR) is 74.2 cm³/mol. The molecule has 17 heavy (non-hydrogen) atoms. The number of rotatable bonds is 3. The summed E-state index contributed by atoms with van der Waals surface area (Å²) in [6, 6.07) is 4.05. The summed E-state index contributed by atoms with van der Waals surface area (Å²) in [6.45, 7) is 7.19. The maximum atomic E-state index is 5.58. The fraction of sp³-hybridized carbons (Fsp3) is 0.500. The number of nitrogens with one attached hydrogen (secondary N) is 1. The molecule has 94 valence electrons. The van der Waals surface area contributed by atoms with Crippen LogP contribution in [0.3, 0.4) is 0 Å². The molecule has 0 bridgehead atoms. The highest BCUT2D eigenvalue weighted by Crippen LogP contribution is 2.30. The SMILES string of the molecule is CN=C(N)NCc1ccnc(SC(C)(C)C)c1. The highest BCUT2D eigenvalue weighted by molar-refractivity contribution is 8.00. The van der Waals surface area contributed by atoms with Gasteiger partial charge in [-0.05, 0) is 17.7 Å². The average molecular weight is 252 g/mol. The van der Waals surface area contributed by atoms with Crippen molar-refractivity contribution < 1.29 is 0 Å². The molecular weight excluding hydrogens is 232 g/mol. The highest BCUT2D eigenvalue weighted by Gasteiger charge is 2.13. The van der Waals surface area contributed by atoms with Crippen molar-refractivity contribution in [2.45, 2.75) is 37.1 Å². The lowest BCUT2D eigenvalue weighted by Crippen LogP contribution is -2.30. The third kappa shape index (κ3) is 5.58. The monoisotopic (exact) mass is 252 g/mol. The van der Waals surface area contributed by atoms with Gasteiger partial charge in [0.1, 0.15) is 0 Å². The second kappa shape index (κ2) is 5.91. The van der Waals surface area contributed by atoms with E-state index in [1.807, 2.05) is 12.3 Å². The minimum absolute atomic E-state index is 0.170.